The predicted molar refractivity (Wildman–Crippen MR) is 86.5 cm³/mol. The zero-order chi connectivity index (χ0) is 15.4. The van der Waals surface area contributed by atoms with Crippen LogP contribution in [0.2, 0.25) is 15.1 Å². The van der Waals surface area contributed by atoms with Gasteiger partial charge in [0.2, 0.25) is 0 Å². The monoisotopic (exact) mass is 344 g/mol. The first-order chi connectivity index (χ1) is 9.95. The summed E-state index contributed by atoms with van der Waals surface area (Å²) in [6.07, 6.45) is 0. The Bertz CT molecular complexity index is 677. The topological polar surface area (TPSA) is 64.3 Å². The Morgan fingerprint density at radius 2 is 1.81 bits per heavy atom. The number of hydrogen-bond donors (Lipinski definition) is 2. The van der Waals surface area contributed by atoms with Gasteiger partial charge >= 0.3 is 0 Å². The second kappa shape index (κ2) is 6.89. The van der Waals surface area contributed by atoms with E-state index in [1.807, 2.05) is 0 Å². The maximum atomic E-state index is 11.8. The number of carbonyl (C=O) groups excluding carboxylic acids is 1. The van der Waals surface area contributed by atoms with Gasteiger partial charge in [-0.05, 0) is 30.3 Å². The number of hydrogen-bond acceptors (Lipinski definition) is 3. The smallest absolute Gasteiger partial charge is 0.262 e. The van der Waals surface area contributed by atoms with E-state index in [9.17, 15) is 4.79 Å². The van der Waals surface area contributed by atoms with Crippen LogP contribution in [0.1, 0.15) is 0 Å². The molecule has 0 saturated carbocycles. The van der Waals surface area contributed by atoms with E-state index in [1.54, 1.807) is 30.3 Å². The number of nitrogens with one attached hydrogen (secondary N) is 1. The minimum atomic E-state index is -0.354. The number of benzene rings is 2. The number of nitrogens with two attached hydrogens (primary N) is 1. The van der Waals surface area contributed by atoms with Crippen LogP contribution in [0, 0.1) is 0 Å². The molecule has 0 radical (unpaired) electrons. The molecule has 0 spiro atoms. The van der Waals surface area contributed by atoms with E-state index in [1.165, 1.54) is 6.07 Å². The number of carbonyl (C=O) groups is 1. The molecule has 2 aromatic carbocycles. The molecule has 0 aromatic heterocycles. The van der Waals surface area contributed by atoms with E-state index in [2.05, 4.69) is 5.32 Å². The lowest BCUT2D eigenvalue weighted by Gasteiger charge is -2.09. The average molecular weight is 346 g/mol. The Kier molecular flexibility index (Phi) is 5.17. The van der Waals surface area contributed by atoms with Gasteiger partial charge in [-0.15, -0.1) is 0 Å². The van der Waals surface area contributed by atoms with Crippen LogP contribution in [0.5, 0.6) is 5.75 Å². The van der Waals surface area contributed by atoms with E-state index in [0.717, 1.165) is 0 Å². The fourth-order valence-corrected chi connectivity index (χ4v) is 2.00. The first-order valence-electron chi connectivity index (χ1n) is 5.88. The Morgan fingerprint density at radius 1 is 1.10 bits per heavy atom. The van der Waals surface area contributed by atoms with Crippen LogP contribution in [-0.2, 0) is 4.79 Å². The molecule has 0 unspecified atom stereocenters. The minimum Gasteiger partial charge on any atom is -0.482 e. The number of anilines is 2. The molecule has 0 heterocycles. The van der Waals surface area contributed by atoms with Crippen LogP contribution >= 0.6 is 34.8 Å². The standard InChI is InChI=1S/C14H11Cl3N2O2/c15-8-1-3-11(17)13(5-8)21-7-14(20)19-9-2-4-10(16)12(18)6-9/h1-6H,7,18H2,(H,19,20). The van der Waals surface area contributed by atoms with Gasteiger partial charge in [-0.3, -0.25) is 4.79 Å². The van der Waals surface area contributed by atoms with Crippen molar-refractivity contribution in [2.45, 2.75) is 0 Å². The molecule has 21 heavy (non-hydrogen) atoms. The second-order valence-corrected chi connectivity index (χ2v) is 5.40. The summed E-state index contributed by atoms with van der Waals surface area (Å²) in [6, 6.07) is 9.57. The number of ether oxygens (including phenoxy) is 1. The van der Waals surface area contributed by atoms with Crippen LogP contribution in [-0.4, -0.2) is 12.5 Å². The van der Waals surface area contributed by atoms with Gasteiger partial charge in [0.15, 0.2) is 6.61 Å². The molecule has 4 nitrogen and oxygen atoms in total. The second-order valence-electron chi connectivity index (χ2n) is 4.15. The highest BCUT2D eigenvalue weighted by Gasteiger charge is 2.08. The van der Waals surface area contributed by atoms with Crippen LogP contribution < -0.4 is 15.8 Å². The van der Waals surface area contributed by atoms with Crippen molar-refractivity contribution in [3.63, 3.8) is 0 Å². The van der Waals surface area contributed by atoms with Crippen LogP contribution in [0.25, 0.3) is 0 Å². The third-order valence-corrected chi connectivity index (χ3v) is 3.42. The maximum Gasteiger partial charge on any atom is 0.262 e. The van der Waals surface area contributed by atoms with Crippen molar-refractivity contribution in [1.82, 2.24) is 0 Å². The quantitative estimate of drug-likeness (QED) is 0.814. The molecule has 2 aromatic rings. The highest BCUT2D eigenvalue weighted by Crippen LogP contribution is 2.27. The lowest BCUT2D eigenvalue weighted by atomic mass is 10.3. The summed E-state index contributed by atoms with van der Waals surface area (Å²) in [5.74, 6) is -0.0114. The van der Waals surface area contributed by atoms with Gasteiger partial charge in [0.1, 0.15) is 5.75 Å². The molecule has 1 amide bonds. The highest BCUT2D eigenvalue weighted by atomic mass is 35.5. The molecule has 110 valence electrons. The average Bonchev–Trinajstić information content (AvgIpc) is 2.44. The molecule has 0 atom stereocenters. The third-order valence-electron chi connectivity index (χ3n) is 2.53. The molecule has 2 rings (SSSR count). The number of amides is 1. The Hall–Kier alpha value is -1.62. The first kappa shape index (κ1) is 15.8. The van der Waals surface area contributed by atoms with Crippen molar-refractivity contribution in [2.24, 2.45) is 0 Å². The zero-order valence-corrected chi connectivity index (χ0v) is 13.0. The summed E-state index contributed by atoms with van der Waals surface area (Å²) in [4.78, 5) is 11.8. The van der Waals surface area contributed by atoms with Gasteiger partial charge < -0.3 is 15.8 Å². The third kappa shape index (κ3) is 4.43. The molecule has 0 saturated heterocycles. The van der Waals surface area contributed by atoms with E-state index in [0.29, 0.717) is 32.2 Å². The van der Waals surface area contributed by atoms with Crippen molar-refractivity contribution in [3.05, 3.63) is 51.5 Å². The van der Waals surface area contributed by atoms with Crippen molar-refractivity contribution in [2.75, 3.05) is 17.7 Å². The summed E-state index contributed by atoms with van der Waals surface area (Å²) in [5.41, 5.74) is 6.56. The molecule has 0 fully saturated rings. The van der Waals surface area contributed by atoms with Gasteiger partial charge in [-0.25, -0.2) is 0 Å². The van der Waals surface area contributed by atoms with Gasteiger partial charge in [-0.1, -0.05) is 34.8 Å². The van der Waals surface area contributed by atoms with E-state index in [-0.39, 0.29) is 12.5 Å². The molecule has 0 aliphatic heterocycles. The summed E-state index contributed by atoms with van der Waals surface area (Å²) < 4.78 is 5.32. The van der Waals surface area contributed by atoms with E-state index in [4.69, 9.17) is 45.3 Å². The van der Waals surface area contributed by atoms with Crippen molar-refractivity contribution in [3.8, 4) is 5.75 Å². The Balaban J connectivity index is 1.95. The van der Waals surface area contributed by atoms with E-state index >= 15 is 0 Å². The number of halogens is 3. The number of nitrogen functional groups attached to an aromatic ring is 1. The molecule has 0 aliphatic carbocycles. The van der Waals surface area contributed by atoms with Crippen molar-refractivity contribution < 1.29 is 9.53 Å². The highest BCUT2D eigenvalue weighted by molar-refractivity contribution is 6.34. The first-order valence-corrected chi connectivity index (χ1v) is 7.02. The zero-order valence-electron chi connectivity index (χ0n) is 10.7. The molecule has 3 N–H and O–H groups in total. The van der Waals surface area contributed by atoms with E-state index < -0.39 is 0 Å². The van der Waals surface area contributed by atoms with Gasteiger partial charge in [0.25, 0.3) is 5.91 Å². The van der Waals surface area contributed by atoms with Crippen LogP contribution in [0.15, 0.2) is 36.4 Å². The Labute approximate surface area is 136 Å². The lowest BCUT2D eigenvalue weighted by molar-refractivity contribution is -0.118. The summed E-state index contributed by atoms with van der Waals surface area (Å²) >= 11 is 17.6. The number of rotatable bonds is 4. The van der Waals surface area contributed by atoms with Gasteiger partial charge in [0, 0.05) is 16.8 Å². The molecule has 0 bridgehead atoms. The van der Waals surface area contributed by atoms with Gasteiger partial charge in [0.05, 0.1) is 15.7 Å². The van der Waals surface area contributed by atoms with Crippen LogP contribution in [0.3, 0.4) is 0 Å². The van der Waals surface area contributed by atoms with Crippen LogP contribution in [0.4, 0.5) is 11.4 Å². The predicted octanol–water partition coefficient (Wildman–Crippen LogP) is 4.25. The molecule has 0 aliphatic rings. The van der Waals surface area contributed by atoms with Crippen molar-refractivity contribution >= 4 is 52.1 Å². The SMILES string of the molecule is Nc1cc(NC(=O)COc2cc(Cl)ccc2Cl)ccc1Cl. The minimum absolute atomic E-state index is 0.206. The normalized spacial score (nSPS) is 10.2. The molecular weight excluding hydrogens is 335 g/mol. The Morgan fingerprint density at radius 3 is 2.52 bits per heavy atom. The maximum absolute atomic E-state index is 11.8. The summed E-state index contributed by atoms with van der Waals surface area (Å²) in [5, 5.41) is 3.91. The fourth-order valence-electron chi connectivity index (χ4n) is 1.55. The van der Waals surface area contributed by atoms with Crippen molar-refractivity contribution in [1.29, 1.82) is 0 Å². The summed E-state index contributed by atoms with van der Waals surface area (Å²) in [6.45, 7) is -0.206. The lowest BCUT2D eigenvalue weighted by Crippen LogP contribution is -2.20. The van der Waals surface area contributed by atoms with Gasteiger partial charge in [-0.2, -0.15) is 0 Å². The molecular formula is C14H11Cl3N2O2. The summed E-state index contributed by atoms with van der Waals surface area (Å²) in [7, 11) is 0. The largest absolute Gasteiger partial charge is 0.482 e. The molecule has 7 heteroatoms. The fraction of sp³-hybridized carbons (Fsp3) is 0.0714.